The fraction of sp³-hybridized carbons (Fsp3) is 0.455. The highest BCUT2D eigenvalue weighted by Gasteiger charge is 2.14. The molecule has 0 saturated carbocycles. The molecule has 0 bridgehead atoms. The van der Waals surface area contributed by atoms with Crippen molar-refractivity contribution in [3.63, 3.8) is 0 Å². The normalized spacial score (nSPS) is 16.1. The Balaban J connectivity index is 1.84. The second-order valence-corrected chi connectivity index (χ2v) is 3.60. The Morgan fingerprint density at radius 2 is 2.07 bits per heavy atom. The van der Waals surface area contributed by atoms with E-state index in [2.05, 4.69) is 4.90 Å². The standard InChI is InChI=1S/C11H13F2NO/c12-9-3-1-4-10(11(9)13)15-8-7-14-5-2-6-14/h1,3-4H,2,5-8H2. The monoisotopic (exact) mass is 213 g/mol. The Bertz CT molecular complexity index is 339. The molecule has 0 aliphatic carbocycles. The molecule has 1 fully saturated rings. The Labute approximate surface area is 87.5 Å². The summed E-state index contributed by atoms with van der Waals surface area (Å²) in [7, 11) is 0. The molecule has 1 heterocycles. The predicted molar refractivity (Wildman–Crippen MR) is 52.9 cm³/mol. The van der Waals surface area contributed by atoms with Gasteiger partial charge in [-0.05, 0) is 31.6 Å². The lowest BCUT2D eigenvalue weighted by Gasteiger charge is -2.30. The Hall–Kier alpha value is -1.16. The summed E-state index contributed by atoms with van der Waals surface area (Å²) in [5, 5.41) is 0. The molecular formula is C11H13F2NO. The maximum Gasteiger partial charge on any atom is 0.200 e. The number of benzene rings is 1. The number of hydrogen-bond acceptors (Lipinski definition) is 2. The molecule has 4 heteroatoms. The van der Waals surface area contributed by atoms with Crippen molar-refractivity contribution in [1.29, 1.82) is 0 Å². The van der Waals surface area contributed by atoms with Gasteiger partial charge in [0.05, 0.1) is 0 Å². The molecule has 0 amide bonds. The molecule has 0 spiro atoms. The molecule has 1 aliphatic heterocycles. The van der Waals surface area contributed by atoms with Crippen molar-refractivity contribution >= 4 is 0 Å². The van der Waals surface area contributed by atoms with Gasteiger partial charge in [-0.2, -0.15) is 4.39 Å². The van der Waals surface area contributed by atoms with Crippen LogP contribution in [0.1, 0.15) is 6.42 Å². The van der Waals surface area contributed by atoms with Crippen molar-refractivity contribution in [2.24, 2.45) is 0 Å². The third-order valence-electron chi connectivity index (χ3n) is 2.53. The van der Waals surface area contributed by atoms with Crippen LogP contribution >= 0.6 is 0 Å². The fourth-order valence-electron chi connectivity index (χ4n) is 1.49. The smallest absolute Gasteiger partial charge is 0.200 e. The van der Waals surface area contributed by atoms with Gasteiger partial charge in [0.2, 0.25) is 5.82 Å². The van der Waals surface area contributed by atoms with E-state index in [1.807, 2.05) is 0 Å². The zero-order valence-electron chi connectivity index (χ0n) is 8.38. The molecule has 0 unspecified atom stereocenters. The van der Waals surface area contributed by atoms with E-state index >= 15 is 0 Å². The van der Waals surface area contributed by atoms with Crippen LogP contribution in [0.4, 0.5) is 8.78 Å². The van der Waals surface area contributed by atoms with E-state index in [4.69, 9.17) is 4.74 Å². The van der Waals surface area contributed by atoms with Crippen molar-refractivity contribution in [2.75, 3.05) is 26.2 Å². The molecule has 1 aliphatic rings. The first-order valence-corrected chi connectivity index (χ1v) is 5.06. The van der Waals surface area contributed by atoms with Crippen LogP contribution in [0.2, 0.25) is 0 Å². The average molecular weight is 213 g/mol. The molecule has 1 aromatic carbocycles. The van der Waals surface area contributed by atoms with Crippen molar-refractivity contribution in [3.8, 4) is 5.75 Å². The third kappa shape index (κ3) is 2.45. The summed E-state index contributed by atoms with van der Waals surface area (Å²) >= 11 is 0. The minimum Gasteiger partial charge on any atom is -0.489 e. The molecule has 1 saturated heterocycles. The van der Waals surface area contributed by atoms with E-state index in [1.165, 1.54) is 18.6 Å². The van der Waals surface area contributed by atoms with Crippen LogP contribution in [0, 0.1) is 11.6 Å². The summed E-state index contributed by atoms with van der Waals surface area (Å²) in [6.07, 6.45) is 1.22. The maximum atomic E-state index is 13.1. The molecular weight excluding hydrogens is 200 g/mol. The van der Waals surface area contributed by atoms with Gasteiger partial charge in [0.1, 0.15) is 6.61 Å². The lowest BCUT2D eigenvalue weighted by molar-refractivity contribution is 0.144. The molecule has 0 radical (unpaired) electrons. The fourth-order valence-corrected chi connectivity index (χ4v) is 1.49. The van der Waals surface area contributed by atoms with Crippen LogP contribution in [0.25, 0.3) is 0 Å². The summed E-state index contributed by atoms with van der Waals surface area (Å²) in [6, 6.07) is 3.96. The van der Waals surface area contributed by atoms with Crippen molar-refractivity contribution in [3.05, 3.63) is 29.8 Å². The molecule has 2 rings (SSSR count). The van der Waals surface area contributed by atoms with E-state index in [1.54, 1.807) is 0 Å². The second kappa shape index (κ2) is 4.57. The van der Waals surface area contributed by atoms with Crippen LogP contribution in [0.5, 0.6) is 5.75 Å². The number of nitrogens with zero attached hydrogens (tertiary/aromatic N) is 1. The van der Waals surface area contributed by atoms with Gasteiger partial charge in [0.15, 0.2) is 11.6 Å². The van der Waals surface area contributed by atoms with Crippen LogP contribution < -0.4 is 4.74 Å². The summed E-state index contributed by atoms with van der Waals surface area (Å²) in [5.74, 6) is -1.77. The van der Waals surface area contributed by atoms with Crippen molar-refractivity contribution < 1.29 is 13.5 Å². The number of halogens is 2. The van der Waals surface area contributed by atoms with Crippen LogP contribution in [-0.2, 0) is 0 Å². The van der Waals surface area contributed by atoms with E-state index in [9.17, 15) is 8.78 Å². The summed E-state index contributed by atoms with van der Waals surface area (Å²) < 4.78 is 31.1. The molecule has 0 atom stereocenters. The predicted octanol–water partition coefficient (Wildman–Crippen LogP) is 2.05. The zero-order chi connectivity index (χ0) is 10.7. The first kappa shape index (κ1) is 10.4. The van der Waals surface area contributed by atoms with Gasteiger partial charge in [0, 0.05) is 6.54 Å². The number of rotatable bonds is 4. The van der Waals surface area contributed by atoms with Gasteiger partial charge in [-0.1, -0.05) is 6.07 Å². The highest BCUT2D eigenvalue weighted by atomic mass is 19.2. The van der Waals surface area contributed by atoms with Gasteiger partial charge < -0.3 is 4.74 Å². The topological polar surface area (TPSA) is 12.5 Å². The molecule has 0 N–H and O–H groups in total. The lowest BCUT2D eigenvalue weighted by atomic mass is 10.2. The molecule has 15 heavy (non-hydrogen) atoms. The zero-order valence-corrected chi connectivity index (χ0v) is 8.38. The first-order valence-electron chi connectivity index (χ1n) is 5.06. The van der Waals surface area contributed by atoms with E-state index in [-0.39, 0.29) is 5.75 Å². The Kier molecular flexibility index (Phi) is 3.16. The molecule has 0 aromatic heterocycles. The average Bonchev–Trinajstić information content (AvgIpc) is 2.16. The Morgan fingerprint density at radius 3 is 2.73 bits per heavy atom. The molecule has 82 valence electrons. The molecule has 2 nitrogen and oxygen atoms in total. The van der Waals surface area contributed by atoms with Crippen LogP contribution in [0.15, 0.2) is 18.2 Å². The highest BCUT2D eigenvalue weighted by Crippen LogP contribution is 2.19. The van der Waals surface area contributed by atoms with Gasteiger partial charge in [-0.25, -0.2) is 4.39 Å². The summed E-state index contributed by atoms with van der Waals surface area (Å²) in [4.78, 5) is 2.21. The molecule has 1 aromatic rings. The maximum absolute atomic E-state index is 13.1. The van der Waals surface area contributed by atoms with E-state index < -0.39 is 11.6 Å². The van der Waals surface area contributed by atoms with Gasteiger partial charge >= 0.3 is 0 Å². The summed E-state index contributed by atoms with van der Waals surface area (Å²) in [6.45, 7) is 3.33. The van der Waals surface area contributed by atoms with E-state index in [0.717, 1.165) is 25.7 Å². The Morgan fingerprint density at radius 1 is 1.27 bits per heavy atom. The van der Waals surface area contributed by atoms with Crippen LogP contribution in [0.3, 0.4) is 0 Å². The first-order chi connectivity index (χ1) is 7.27. The van der Waals surface area contributed by atoms with Gasteiger partial charge in [-0.3, -0.25) is 4.90 Å². The van der Waals surface area contributed by atoms with Crippen LogP contribution in [-0.4, -0.2) is 31.1 Å². The summed E-state index contributed by atoms with van der Waals surface area (Å²) in [5.41, 5.74) is 0. The highest BCUT2D eigenvalue weighted by molar-refractivity contribution is 5.24. The number of likely N-dealkylation sites (tertiary alicyclic amines) is 1. The van der Waals surface area contributed by atoms with Crippen molar-refractivity contribution in [2.45, 2.75) is 6.42 Å². The lowest BCUT2D eigenvalue weighted by Crippen LogP contribution is -2.39. The SMILES string of the molecule is Fc1cccc(OCCN2CCC2)c1F. The van der Waals surface area contributed by atoms with Gasteiger partial charge in [0.25, 0.3) is 0 Å². The van der Waals surface area contributed by atoms with E-state index in [0.29, 0.717) is 6.61 Å². The largest absolute Gasteiger partial charge is 0.489 e. The quantitative estimate of drug-likeness (QED) is 0.759. The van der Waals surface area contributed by atoms with Gasteiger partial charge in [-0.15, -0.1) is 0 Å². The number of hydrogen-bond donors (Lipinski definition) is 0. The van der Waals surface area contributed by atoms with Crippen molar-refractivity contribution in [1.82, 2.24) is 4.90 Å². The number of ether oxygens (including phenoxy) is 1. The minimum absolute atomic E-state index is 0.00414. The minimum atomic E-state index is -0.902. The third-order valence-corrected chi connectivity index (χ3v) is 2.53. The second-order valence-electron chi connectivity index (χ2n) is 3.60.